The molecule has 5 heteroatoms. The van der Waals surface area contributed by atoms with Gasteiger partial charge in [-0.25, -0.2) is 4.98 Å². The van der Waals surface area contributed by atoms with Gasteiger partial charge >= 0.3 is 0 Å². The molecule has 1 N–H and O–H groups in total. The van der Waals surface area contributed by atoms with Crippen LogP contribution in [0.15, 0.2) is 0 Å². The highest BCUT2D eigenvalue weighted by Gasteiger charge is 1.98. The third-order valence-corrected chi connectivity index (χ3v) is 1.66. The highest BCUT2D eigenvalue weighted by atomic mass is 35.5. The third-order valence-electron chi connectivity index (χ3n) is 1.47. The normalized spacial score (nSPS) is 9.92. The molecule has 0 spiro atoms. The van der Waals surface area contributed by atoms with Crippen LogP contribution in [0.25, 0.3) is 0 Å². The zero-order valence-corrected chi connectivity index (χ0v) is 7.89. The van der Waals surface area contributed by atoms with Crippen molar-refractivity contribution in [2.75, 3.05) is 17.7 Å². The minimum atomic E-state index is 0.538. The molecule has 0 aliphatic carbocycles. The molecule has 0 bridgehead atoms. The van der Waals surface area contributed by atoms with E-state index < -0.39 is 0 Å². The highest BCUT2D eigenvalue weighted by molar-refractivity contribution is 6.18. The fourth-order valence-electron chi connectivity index (χ4n) is 0.691. The molecule has 0 unspecified atom stereocenters. The minimum Gasteiger partial charge on any atom is -0.352 e. The number of nitrogens with one attached hydrogen (secondary N) is 1. The summed E-state index contributed by atoms with van der Waals surface area (Å²) in [6.07, 6.45) is 0. The van der Waals surface area contributed by atoms with E-state index in [1.54, 1.807) is 0 Å². The molecule has 12 heavy (non-hydrogen) atoms. The van der Waals surface area contributed by atoms with Crippen LogP contribution < -0.4 is 5.32 Å². The monoisotopic (exact) mass is 186 g/mol. The first kappa shape index (κ1) is 9.19. The topological polar surface area (TPSA) is 50.7 Å². The fraction of sp³-hybridized carbons (Fsp3) is 0.571. The average molecular weight is 187 g/mol. The van der Waals surface area contributed by atoms with E-state index in [1.165, 1.54) is 0 Å². The largest absolute Gasteiger partial charge is 0.352 e. The lowest BCUT2D eigenvalue weighted by Crippen LogP contribution is -2.08. The Labute approximate surface area is 76.4 Å². The van der Waals surface area contributed by atoms with Gasteiger partial charge in [-0.05, 0) is 13.8 Å². The average Bonchev–Trinajstić information content (AvgIpc) is 2.07. The zero-order chi connectivity index (χ0) is 8.97. The molecule has 0 fully saturated rings. The molecule has 0 aliphatic rings. The van der Waals surface area contributed by atoms with Crippen molar-refractivity contribution in [3.05, 3.63) is 11.4 Å². The van der Waals surface area contributed by atoms with Gasteiger partial charge in [0.25, 0.3) is 0 Å². The fourth-order valence-corrected chi connectivity index (χ4v) is 0.785. The van der Waals surface area contributed by atoms with Crippen LogP contribution in [-0.2, 0) is 0 Å². The van der Waals surface area contributed by atoms with E-state index >= 15 is 0 Å². The van der Waals surface area contributed by atoms with Crippen molar-refractivity contribution >= 4 is 17.5 Å². The maximum atomic E-state index is 5.48. The van der Waals surface area contributed by atoms with Gasteiger partial charge < -0.3 is 5.32 Å². The van der Waals surface area contributed by atoms with E-state index in [-0.39, 0.29) is 0 Å². The molecule has 66 valence electrons. The molecule has 0 saturated heterocycles. The van der Waals surface area contributed by atoms with Gasteiger partial charge in [0.05, 0.1) is 11.4 Å². The smallest absolute Gasteiger partial charge is 0.243 e. The lowest BCUT2D eigenvalue weighted by Gasteiger charge is -2.02. The number of rotatable bonds is 3. The van der Waals surface area contributed by atoms with E-state index in [0.717, 1.165) is 11.4 Å². The first-order valence-corrected chi connectivity index (χ1v) is 4.25. The van der Waals surface area contributed by atoms with Crippen molar-refractivity contribution in [1.82, 2.24) is 15.2 Å². The standard InChI is InChI=1S/C7H11ClN4/c1-5-6(2)11-12-7(10-5)9-4-3-8/h3-4H2,1-2H3,(H,9,10,12). The maximum absolute atomic E-state index is 5.48. The Bertz CT molecular complexity index is 264. The van der Waals surface area contributed by atoms with E-state index in [1.807, 2.05) is 13.8 Å². The van der Waals surface area contributed by atoms with Crippen LogP contribution in [0.4, 0.5) is 5.95 Å². The Morgan fingerprint density at radius 2 is 2.00 bits per heavy atom. The van der Waals surface area contributed by atoms with E-state index in [4.69, 9.17) is 11.6 Å². The quantitative estimate of drug-likeness (QED) is 0.720. The number of aromatic nitrogens is 3. The van der Waals surface area contributed by atoms with Gasteiger partial charge in [0.15, 0.2) is 0 Å². The maximum Gasteiger partial charge on any atom is 0.243 e. The van der Waals surface area contributed by atoms with Crippen LogP contribution in [0, 0.1) is 13.8 Å². The predicted octanol–water partition coefficient (Wildman–Crippen LogP) is 1.14. The molecule has 0 aliphatic heterocycles. The van der Waals surface area contributed by atoms with E-state index in [9.17, 15) is 0 Å². The third kappa shape index (κ3) is 2.30. The van der Waals surface area contributed by atoms with Crippen molar-refractivity contribution < 1.29 is 0 Å². The summed E-state index contributed by atoms with van der Waals surface area (Å²) in [5.41, 5.74) is 1.74. The Balaban J connectivity index is 2.69. The van der Waals surface area contributed by atoms with Crippen molar-refractivity contribution in [2.24, 2.45) is 0 Å². The van der Waals surface area contributed by atoms with E-state index in [0.29, 0.717) is 18.4 Å². The molecule has 0 atom stereocenters. The number of alkyl halides is 1. The molecule has 4 nitrogen and oxygen atoms in total. The van der Waals surface area contributed by atoms with Gasteiger partial charge in [-0.1, -0.05) is 0 Å². The first-order valence-electron chi connectivity index (χ1n) is 3.72. The number of aryl methyl sites for hydroxylation is 2. The molecule has 0 saturated carbocycles. The van der Waals surface area contributed by atoms with Crippen molar-refractivity contribution in [3.8, 4) is 0 Å². The second-order valence-electron chi connectivity index (χ2n) is 2.42. The lowest BCUT2D eigenvalue weighted by molar-refractivity contribution is 0.891. The number of hydrogen-bond donors (Lipinski definition) is 1. The zero-order valence-electron chi connectivity index (χ0n) is 7.13. The summed E-state index contributed by atoms with van der Waals surface area (Å²) >= 11 is 5.48. The second kappa shape index (κ2) is 4.21. The van der Waals surface area contributed by atoms with Gasteiger partial charge in [-0.15, -0.1) is 16.7 Å². The lowest BCUT2D eigenvalue weighted by atomic mass is 10.4. The van der Waals surface area contributed by atoms with Crippen molar-refractivity contribution in [2.45, 2.75) is 13.8 Å². The molecule has 0 amide bonds. The Morgan fingerprint density at radius 1 is 1.25 bits per heavy atom. The Kier molecular flexibility index (Phi) is 3.22. The van der Waals surface area contributed by atoms with Crippen LogP contribution in [-0.4, -0.2) is 27.6 Å². The van der Waals surface area contributed by atoms with Gasteiger partial charge in [0, 0.05) is 12.4 Å². The van der Waals surface area contributed by atoms with E-state index in [2.05, 4.69) is 20.5 Å². The van der Waals surface area contributed by atoms with Gasteiger partial charge in [0.1, 0.15) is 0 Å². The van der Waals surface area contributed by atoms with Crippen LogP contribution in [0.5, 0.6) is 0 Å². The van der Waals surface area contributed by atoms with Crippen LogP contribution in [0.1, 0.15) is 11.4 Å². The van der Waals surface area contributed by atoms with Gasteiger partial charge in [0.2, 0.25) is 5.95 Å². The van der Waals surface area contributed by atoms with Gasteiger partial charge in [-0.2, -0.15) is 5.10 Å². The number of nitrogens with zero attached hydrogens (tertiary/aromatic N) is 3. The highest BCUT2D eigenvalue weighted by Crippen LogP contribution is 2.00. The summed E-state index contributed by atoms with van der Waals surface area (Å²) in [6, 6.07) is 0. The van der Waals surface area contributed by atoms with Crippen LogP contribution >= 0.6 is 11.6 Å². The molecular weight excluding hydrogens is 176 g/mol. The summed E-state index contributed by atoms with van der Waals surface area (Å²) in [6.45, 7) is 4.43. The molecular formula is C7H11ClN4. The number of hydrogen-bond acceptors (Lipinski definition) is 4. The van der Waals surface area contributed by atoms with Crippen molar-refractivity contribution in [1.29, 1.82) is 0 Å². The predicted molar refractivity (Wildman–Crippen MR) is 48.5 cm³/mol. The summed E-state index contributed by atoms with van der Waals surface area (Å²) in [5.74, 6) is 1.08. The van der Waals surface area contributed by atoms with Crippen molar-refractivity contribution in [3.63, 3.8) is 0 Å². The molecule has 1 aromatic heterocycles. The van der Waals surface area contributed by atoms with Crippen LogP contribution in [0.2, 0.25) is 0 Å². The molecule has 1 aromatic rings. The molecule has 1 rings (SSSR count). The summed E-state index contributed by atoms with van der Waals surface area (Å²) in [4.78, 5) is 4.17. The SMILES string of the molecule is Cc1nnc(NCCCl)nc1C. The summed E-state index contributed by atoms with van der Waals surface area (Å²) < 4.78 is 0. The Hall–Kier alpha value is -0.900. The first-order chi connectivity index (χ1) is 5.74. The summed E-state index contributed by atoms with van der Waals surface area (Å²) in [5, 5.41) is 10.7. The Morgan fingerprint density at radius 3 is 2.58 bits per heavy atom. The summed E-state index contributed by atoms with van der Waals surface area (Å²) in [7, 11) is 0. The minimum absolute atomic E-state index is 0.538. The number of halogens is 1. The second-order valence-corrected chi connectivity index (χ2v) is 2.80. The molecule has 0 aromatic carbocycles. The van der Waals surface area contributed by atoms with Gasteiger partial charge in [-0.3, -0.25) is 0 Å². The number of anilines is 1. The molecule has 1 heterocycles. The van der Waals surface area contributed by atoms with Crippen LogP contribution in [0.3, 0.4) is 0 Å². The molecule has 0 radical (unpaired) electrons.